The molecule has 0 atom stereocenters. The van der Waals surface area contributed by atoms with E-state index in [-0.39, 0.29) is 16.4 Å². The molecule has 0 saturated heterocycles. The Morgan fingerprint density at radius 3 is 2.62 bits per heavy atom. The Balaban J connectivity index is 2.82. The van der Waals surface area contributed by atoms with Crippen LogP contribution in [0.1, 0.15) is 25.5 Å². The molecule has 0 bridgehead atoms. The van der Waals surface area contributed by atoms with E-state index in [4.69, 9.17) is 15.2 Å². The zero-order valence-electron chi connectivity index (χ0n) is 8.77. The van der Waals surface area contributed by atoms with E-state index in [0.717, 1.165) is 5.69 Å². The van der Waals surface area contributed by atoms with Gasteiger partial charge in [0.15, 0.2) is 5.58 Å². The van der Waals surface area contributed by atoms with E-state index in [2.05, 4.69) is 5.16 Å². The molecule has 2 rings (SSSR count). The van der Waals surface area contributed by atoms with Crippen molar-refractivity contribution in [3.05, 3.63) is 23.9 Å². The fourth-order valence-electron chi connectivity index (χ4n) is 1.56. The molecular formula is C10H10ClNO3S. The van der Waals surface area contributed by atoms with Gasteiger partial charge in [0.05, 0.1) is 5.69 Å². The third-order valence-electron chi connectivity index (χ3n) is 2.30. The smallest absolute Gasteiger partial charge is 0.265 e. The van der Waals surface area contributed by atoms with Gasteiger partial charge < -0.3 is 4.52 Å². The predicted molar refractivity (Wildman–Crippen MR) is 61.1 cm³/mol. The van der Waals surface area contributed by atoms with Crippen molar-refractivity contribution in [2.24, 2.45) is 0 Å². The van der Waals surface area contributed by atoms with Crippen molar-refractivity contribution in [1.82, 2.24) is 5.16 Å². The lowest BCUT2D eigenvalue weighted by atomic mass is 10.1. The molecule has 1 aromatic carbocycles. The van der Waals surface area contributed by atoms with Gasteiger partial charge in [0.2, 0.25) is 0 Å². The van der Waals surface area contributed by atoms with Crippen LogP contribution in [0.5, 0.6) is 0 Å². The SMILES string of the molecule is CC(C)c1noc2c(S(=O)(=O)Cl)cccc12. The molecule has 0 amide bonds. The van der Waals surface area contributed by atoms with Gasteiger partial charge in [-0.05, 0) is 18.1 Å². The van der Waals surface area contributed by atoms with Gasteiger partial charge >= 0.3 is 0 Å². The van der Waals surface area contributed by atoms with Crippen LogP contribution < -0.4 is 0 Å². The molecule has 0 unspecified atom stereocenters. The Hall–Kier alpha value is -1.07. The minimum absolute atomic E-state index is 0.0360. The van der Waals surface area contributed by atoms with Gasteiger partial charge in [-0.2, -0.15) is 0 Å². The van der Waals surface area contributed by atoms with E-state index in [1.54, 1.807) is 12.1 Å². The highest BCUT2D eigenvalue weighted by atomic mass is 35.7. The number of benzene rings is 1. The Kier molecular flexibility index (Phi) is 2.67. The summed E-state index contributed by atoms with van der Waals surface area (Å²) in [7, 11) is 1.51. The summed E-state index contributed by atoms with van der Waals surface area (Å²) in [6.07, 6.45) is 0. The molecule has 1 heterocycles. The van der Waals surface area contributed by atoms with Crippen LogP contribution in [0.3, 0.4) is 0 Å². The second kappa shape index (κ2) is 3.75. The summed E-state index contributed by atoms with van der Waals surface area (Å²) >= 11 is 0. The maximum atomic E-state index is 11.3. The Morgan fingerprint density at radius 1 is 1.38 bits per heavy atom. The van der Waals surface area contributed by atoms with Crippen LogP contribution >= 0.6 is 10.7 Å². The van der Waals surface area contributed by atoms with Crippen LogP contribution in [-0.4, -0.2) is 13.6 Å². The normalized spacial score (nSPS) is 12.5. The molecule has 0 saturated carbocycles. The molecular weight excluding hydrogens is 250 g/mol. The number of nitrogens with zero attached hydrogens (tertiary/aromatic N) is 1. The molecule has 0 N–H and O–H groups in total. The average molecular weight is 260 g/mol. The maximum absolute atomic E-state index is 11.3. The maximum Gasteiger partial charge on any atom is 0.265 e. The molecule has 0 aliphatic heterocycles. The molecule has 86 valence electrons. The van der Waals surface area contributed by atoms with E-state index in [1.807, 2.05) is 13.8 Å². The summed E-state index contributed by atoms with van der Waals surface area (Å²) in [4.78, 5) is -0.0360. The van der Waals surface area contributed by atoms with Gasteiger partial charge in [-0.3, -0.25) is 0 Å². The minimum Gasteiger partial charge on any atom is -0.355 e. The van der Waals surface area contributed by atoms with Gasteiger partial charge in [0, 0.05) is 16.1 Å². The molecule has 1 aromatic heterocycles. The first-order valence-electron chi connectivity index (χ1n) is 4.74. The number of para-hydroxylation sites is 1. The van der Waals surface area contributed by atoms with Crippen molar-refractivity contribution in [1.29, 1.82) is 0 Å². The second-order valence-corrected chi connectivity index (χ2v) is 6.33. The summed E-state index contributed by atoms with van der Waals surface area (Å²) < 4.78 is 27.7. The number of fused-ring (bicyclic) bond motifs is 1. The Morgan fingerprint density at radius 2 is 2.06 bits per heavy atom. The molecule has 0 spiro atoms. The fraction of sp³-hybridized carbons (Fsp3) is 0.300. The largest absolute Gasteiger partial charge is 0.355 e. The molecule has 16 heavy (non-hydrogen) atoms. The van der Waals surface area contributed by atoms with Crippen LogP contribution in [0.4, 0.5) is 0 Å². The highest BCUT2D eigenvalue weighted by Crippen LogP contribution is 2.30. The van der Waals surface area contributed by atoms with E-state index >= 15 is 0 Å². The van der Waals surface area contributed by atoms with Gasteiger partial charge in [-0.25, -0.2) is 8.42 Å². The van der Waals surface area contributed by atoms with E-state index in [0.29, 0.717) is 5.39 Å². The third-order valence-corrected chi connectivity index (χ3v) is 3.65. The topological polar surface area (TPSA) is 60.2 Å². The van der Waals surface area contributed by atoms with Crippen LogP contribution in [-0.2, 0) is 9.05 Å². The lowest BCUT2D eigenvalue weighted by molar-refractivity contribution is 0.437. The van der Waals surface area contributed by atoms with Crippen molar-refractivity contribution < 1.29 is 12.9 Å². The first-order chi connectivity index (χ1) is 7.41. The van der Waals surface area contributed by atoms with E-state index in [1.165, 1.54) is 6.07 Å². The number of aromatic nitrogens is 1. The van der Waals surface area contributed by atoms with Crippen LogP contribution in [0.2, 0.25) is 0 Å². The van der Waals surface area contributed by atoms with Crippen LogP contribution in [0.25, 0.3) is 11.0 Å². The molecule has 0 fully saturated rings. The number of hydrogen-bond donors (Lipinski definition) is 0. The van der Waals surface area contributed by atoms with Crippen LogP contribution in [0, 0.1) is 0 Å². The van der Waals surface area contributed by atoms with Crippen LogP contribution in [0.15, 0.2) is 27.6 Å². The lowest BCUT2D eigenvalue weighted by Gasteiger charge is -1.99. The highest BCUT2D eigenvalue weighted by molar-refractivity contribution is 8.13. The second-order valence-electron chi connectivity index (χ2n) is 3.79. The first kappa shape index (κ1) is 11.4. The van der Waals surface area contributed by atoms with Gasteiger partial charge in [0.25, 0.3) is 9.05 Å². The monoisotopic (exact) mass is 259 g/mol. The quantitative estimate of drug-likeness (QED) is 0.778. The summed E-state index contributed by atoms with van der Waals surface area (Å²) in [6.45, 7) is 3.92. The van der Waals surface area contributed by atoms with Gasteiger partial charge in [0.1, 0.15) is 4.90 Å². The van der Waals surface area contributed by atoms with Crippen molar-refractivity contribution >= 4 is 30.7 Å². The lowest BCUT2D eigenvalue weighted by Crippen LogP contribution is -1.91. The molecule has 0 aliphatic carbocycles. The summed E-state index contributed by atoms with van der Waals surface area (Å²) in [5.41, 5.74) is 0.957. The van der Waals surface area contributed by atoms with Crippen molar-refractivity contribution in [3.8, 4) is 0 Å². The summed E-state index contributed by atoms with van der Waals surface area (Å²) in [5.74, 6) is 0.162. The predicted octanol–water partition coefficient (Wildman–Crippen LogP) is 2.88. The summed E-state index contributed by atoms with van der Waals surface area (Å²) in [6, 6.07) is 4.80. The number of hydrogen-bond acceptors (Lipinski definition) is 4. The van der Waals surface area contributed by atoms with Crippen molar-refractivity contribution in [2.75, 3.05) is 0 Å². The third kappa shape index (κ3) is 1.81. The van der Waals surface area contributed by atoms with Gasteiger partial charge in [-0.15, -0.1) is 0 Å². The fourth-order valence-corrected chi connectivity index (χ4v) is 2.54. The minimum atomic E-state index is -3.80. The molecule has 0 aliphatic rings. The Labute approximate surface area is 97.6 Å². The molecule has 6 heteroatoms. The summed E-state index contributed by atoms with van der Waals surface area (Å²) in [5, 5.41) is 4.56. The average Bonchev–Trinajstić information content (AvgIpc) is 2.58. The Bertz CT molecular complexity index is 631. The molecule has 4 nitrogen and oxygen atoms in total. The highest BCUT2D eigenvalue weighted by Gasteiger charge is 2.20. The van der Waals surface area contributed by atoms with Gasteiger partial charge in [-0.1, -0.05) is 25.1 Å². The van der Waals surface area contributed by atoms with Crippen molar-refractivity contribution in [2.45, 2.75) is 24.7 Å². The van der Waals surface area contributed by atoms with E-state index in [9.17, 15) is 8.42 Å². The van der Waals surface area contributed by atoms with E-state index < -0.39 is 9.05 Å². The molecule has 0 radical (unpaired) electrons. The first-order valence-corrected chi connectivity index (χ1v) is 7.05. The number of halogens is 1. The molecule has 2 aromatic rings. The standard InChI is InChI=1S/C10H10ClNO3S/c1-6(2)9-7-4-3-5-8(16(11,13)14)10(7)15-12-9/h3-6H,1-2H3. The van der Waals surface area contributed by atoms with Crippen molar-refractivity contribution in [3.63, 3.8) is 0 Å². The zero-order chi connectivity index (χ0) is 11.9. The zero-order valence-corrected chi connectivity index (χ0v) is 10.3. The number of rotatable bonds is 2.